The molecule has 2 aliphatic rings. The summed E-state index contributed by atoms with van der Waals surface area (Å²) in [6.07, 6.45) is 3.53. The summed E-state index contributed by atoms with van der Waals surface area (Å²) in [5.41, 5.74) is 1.18. The minimum atomic E-state index is -0.0397. The van der Waals surface area contributed by atoms with Crippen LogP contribution in [-0.4, -0.2) is 19.8 Å². The number of methoxy groups -OCH3 is 2. The molecule has 0 unspecified atom stereocenters. The molecule has 1 aromatic carbocycles. The molecule has 0 N–H and O–H groups in total. The quantitative estimate of drug-likeness (QED) is 0.830. The topological polar surface area (TPSA) is 27.7 Å². The molecular formula is C16H22O3. The van der Waals surface area contributed by atoms with Crippen molar-refractivity contribution < 1.29 is 14.2 Å². The van der Waals surface area contributed by atoms with E-state index in [1.165, 1.54) is 18.4 Å². The third kappa shape index (κ3) is 1.57. The molecule has 3 rings (SSSR count). The summed E-state index contributed by atoms with van der Waals surface area (Å²) in [4.78, 5) is 0. The summed E-state index contributed by atoms with van der Waals surface area (Å²) >= 11 is 0. The first kappa shape index (κ1) is 12.6. The Hall–Kier alpha value is -1.38. The molecule has 0 spiro atoms. The predicted molar refractivity (Wildman–Crippen MR) is 74.3 cm³/mol. The van der Waals surface area contributed by atoms with E-state index in [2.05, 4.69) is 13.8 Å². The number of hydrogen-bond acceptors (Lipinski definition) is 3. The molecule has 1 aliphatic carbocycles. The molecule has 1 saturated carbocycles. The maximum Gasteiger partial charge on any atom is 0.168 e. The highest BCUT2D eigenvalue weighted by molar-refractivity contribution is 5.59. The van der Waals surface area contributed by atoms with Crippen molar-refractivity contribution in [2.24, 2.45) is 5.92 Å². The molecule has 104 valence electrons. The molecule has 0 bridgehead atoms. The Morgan fingerprint density at radius 2 is 2.05 bits per heavy atom. The van der Waals surface area contributed by atoms with E-state index in [-0.39, 0.29) is 5.60 Å². The van der Waals surface area contributed by atoms with Gasteiger partial charge in [0, 0.05) is 11.5 Å². The van der Waals surface area contributed by atoms with Gasteiger partial charge in [0.05, 0.1) is 14.2 Å². The van der Waals surface area contributed by atoms with Crippen LogP contribution < -0.4 is 14.2 Å². The van der Waals surface area contributed by atoms with Crippen molar-refractivity contribution in [2.45, 2.75) is 44.6 Å². The second-order valence-electron chi connectivity index (χ2n) is 5.87. The van der Waals surface area contributed by atoms with Crippen LogP contribution in [-0.2, 0) is 0 Å². The lowest BCUT2D eigenvalue weighted by molar-refractivity contribution is 0.0366. The molecular weight excluding hydrogens is 240 g/mol. The Labute approximate surface area is 114 Å². The van der Waals surface area contributed by atoms with Gasteiger partial charge in [0.25, 0.3) is 0 Å². The van der Waals surface area contributed by atoms with Crippen LogP contribution in [0.4, 0.5) is 0 Å². The molecule has 19 heavy (non-hydrogen) atoms. The standard InChI is InChI=1S/C16H22O3/c1-10(2)16-9-5-6-11(16)14-12(19-16)7-8-13(17-3)15(14)18-4/h7-8,10-11H,5-6,9H2,1-4H3/t11-,16+/m1/s1. The van der Waals surface area contributed by atoms with Gasteiger partial charge in [0.15, 0.2) is 11.5 Å². The van der Waals surface area contributed by atoms with Crippen LogP contribution in [0.3, 0.4) is 0 Å². The van der Waals surface area contributed by atoms with Gasteiger partial charge in [0.2, 0.25) is 0 Å². The smallest absolute Gasteiger partial charge is 0.168 e. The molecule has 0 radical (unpaired) electrons. The molecule has 1 aromatic rings. The maximum absolute atomic E-state index is 6.39. The van der Waals surface area contributed by atoms with Gasteiger partial charge in [0.1, 0.15) is 11.4 Å². The number of ether oxygens (including phenoxy) is 3. The monoisotopic (exact) mass is 262 g/mol. The van der Waals surface area contributed by atoms with Gasteiger partial charge >= 0.3 is 0 Å². The van der Waals surface area contributed by atoms with Gasteiger partial charge in [-0.3, -0.25) is 0 Å². The molecule has 1 heterocycles. The Morgan fingerprint density at radius 1 is 1.26 bits per heavy atom. The fourth-order valence-electron chi connectivity index (χ4n) is 3.88. The first-order valence-electron chi connectivity index (χ1n) is 7.08. The van der Waals surface area contributed by atoms with Crippen molar-refractivity contribution in [3.8, 4) is 17.2 Å². The Morgan fingerprint density at radius 3 is 2.68 bits per heavy atom. The highest BCUT2D eigenvalue weighted by Gasteiger charge is 2.54. The van der Waals surface area contributed by atoms with Crippen LogP contribution in [0.15, 0.2) is 12.1 Å². The van der Waals surface area contributed by atoms with Gasteiger partial charge in [-0.05, 0) is 37.3 Å². The summed E-state index contributed by atoms with van der Waals surface area (Å²) in [6, 6.07) is 3.96. The SMILES string of the molecule is COc1ccc2c(c1OC)[C@H]1CCC[C@@]1(C(C)C)O2. The second-order valence-corrected chi connectivity index (χ2v) is 5.87. The number of hydrogen-bond donors (Lipinski definition) is 0. The lowest BCUT2D eigenvalue weighted by atomic mass is 9.79. The fraction of sp³-hybridized carbons (Fsp3) is 0.625. The summed E-state index contributed by atoms with van der Waals surface area (Å²) in [5.74, 6) is 3.58. The zero-order valence-electron chi connectivity index (χ0n) is 12.2. The van der Waals surface area contributed by atoms with Gasteiger partial charge in [-0.25, -0.2) is 0 Å². The Kier molecular flexibility index (Phi) is 2.88. The van der Waals surface area contributed by atoms with Crippen molar-refractivity contribution in [1.82, 2.24) is 0 Å². The number of fused-ring (bicyclic) bond motifs is 3. The predicted octanol–water partition coefficient (Wildman–Crippen LogP) is 3.76. The minimum Gasteiger partial charge on any atom is -0.493 e. The van der Waals surface area contributed by atoms with Crippen molar-refractivity contribution in [3.63, 3.8) is 0 Å². The third-order valence-corrected chi connectivity index (χ3v) is 4.82. The van der Waals surface area contributed by atoms with E-state index in [0.717, 1.165) is 23.7 Å². The molecule has 1 fully saturated rings. The fourth-order valence-corrected chi connectivity index (χ4v) is 3.88. The molecule has 3 nitrogen and oxygen atoms in total. The van der Waals surface area contributed by atoms with Gasteiger partial charge in [-0.2, -0.15) is 0 Å². The van der Waals surface area contributed by atoms with Gasteiger partial charge in [-0.15, -0.1) is 0 Å². The van der Waals surface area contributed by atoms with Crippen molar-refractivity contribution >= 4 is 0 Å². The normalized spacial score (nSPS) is 27.9. The summed E-state index contributed by atoms with van der Waals surface area (Å²) < 4.78 is 17.4. The Bertz CT molecular complexity index is 495. The van der Waals surface area contributed by atoms with Crippen LogP contribution in [0.1, 0.15) is 44.6 Å². The molecule has 1 aliphatic heterocycles. The largest absolute Gasteiger partial charge is 0.493 e. The third-order valence-electron chi connectivity index (χ3n) is 4.82. The van der Waals surface area contributed by atoms with Crippen LogP contribution in [0.2, 0.25) is 0 Å². The first-order chi connectivity index (χ1) is 9.14. The van der Waals surface area contributed by atoms with E-state index in [9.17, 15) is 0 Å². The number of benzene rings is 1. The molecule has 0 amide bonds. The number of rotatable bonds is 3. The van der Waals surface area contributed by atoms with Crippen LogP contribution >= 0.6 is 0 Å². The van der Waals surface area contributed by atoms with Gasteiger partial charge < -0.3 is 14.2 Å². The van der Waals surface area contributed by atoms with Gasteiger partial charge in [-0.1, -0.05) is 13.8 Å². The first-order valence-corrected chi connectivity index (χ1v) is 7.08. The minimum absolute atomic E-state index is 0.0397. The molecule has 3 heteroatoms. The van der Waals surface area contributed by atoms with Crippen molar-refractivity contribution in [2.75, 3.05) is 14.2 Å². The molecule has 0 aromatic heterocycles. The lowest BCUT2D eigenvalue weighted by Crippen LogP contribution is -2.39. The van der Waals surface area contributed by atoms with E-state index < -0.39 is 0 Å². The van der Waals surface area contributed by atoms with E-state index in [1.54, 1.807) is 14.2 Å². The van der Waals surface area contributed by atoms with Crippen LogP contribution in [0, 0.1) is 5.92 Å². The second kappa shape index (κ2) is 4.32. The van der Waals surface area contributed by atoms with E-state index in [4.69, 9.17) is 14.2 Å². The van der Waals surface area contributed by atoms with Crippen LogP contribution in [0.5, 0.6) is 17.2 Å². The van der Waals surface area contributed by atoms with Crippen LogP contribution in [0.25, 0.3) is 0 Å². The van der Waals surface area contributed by atoms with E-state index >= 15 is 0 Å². The highest BCUT2D eigenvalue weighted by Crippen LogP contribution is 2.60. The Balaban J connectivity index is 2.15. The lowest BCUT2D eigenvalue weighted by Gasteiger charge is -2.33. The summed E-state index contributed by atoms with van der Waals surface area (Å²) in [6.45, 7) is 4.52. The van der Waals surface area contributed by atoms with E-state index in [1.807, 2.05) is 12.1 Å². The van der Waals surface area contributed by atoms with Crippen molar-refractivity contribution in [3.05, 3.63) is 17.7 Å². The van der Waals surface area contributed by atoms with E-state index in [0.29, 0.717) is 11.8 Å². The van der Waals surface area contributed by atoms with Crippen molar-refractivity contribution in [1.29, 1.82) is 0 Å². The zero-order valence-corrected chi connectivity index (χ0v) is 12.2. The average molecular weight is 262 g/mol. The molecule has 2 atom stereocenters. The zero-order chi connectivity index (χ0) is 13.6. The average Bonchev–Trinajstić information content (AvgIpc) is 2.94. The maximum atomic E-state index is 6.39. The molecule has 0 saturated heterocycles. The highest BCUT2D eigenvalue weighted by atomic mass is 16.5. The summed E-state index contributed by atoms with van der Waals surface area (Å²) in [7, 11) is 3.40. The summed E-state index contributed by atoms with van der Waals surface area (Å²) in [5, 5.41) is 0.